The first-order chi connectivity index (χ1) is 9.15. The van der Waals surface area contributed by atoms with Crippen molar-refractivity contribution in [2.75, 3.05) is 27.3 Å². The van der Waals surface area contributed by atoms with Crippen LogP contribution in [0.3, 0.4) is 0 Å². The first-order valence-corrected chi connectivity index (χ1v) is 6.71. The number of ether oxygens (including phenoxy) is 2. The van der Waals surface area contributed by atoms with Crippen LogP contribution in [0.25, 0.3) is 0 Å². The van der Waals surface area contributed by atoms with Gasteiger partial charge in [-0.15, -0.1) is 11.6 Å². The number of hydrogen-bond acceptors (Lipinski definition) is 3. The fraction of sp³-hybridized carbons (Fsp3) is 0.500. The van der Waals surface area contributed by atoms with Gasteiger partial charge in [0.2, 0.25) is 5.91 Å². The first kappa shape index (κ1) is 14.0. The number of hydrogen-bond donors (Lipinski definition) is 0. The predicted octanol–water partition coefficient (Wildman–Crippen LogP) is 2.09. The Kier molecular flexibility index (Phi) is 4.53. The van der Waals surface area contributed by atoms with Gasteiger partial charge in [-0.1, -0.05) is 12.1 Å². The highest BCUT2D eigenvalue weighted by Crippen LogP contribution is 2.31. The Balaban J connectivity index is 2.05. The van der Waals surface area contributed by atoms with Gasteiger partial charge in [0.15, 0.2) is 11.5 Å². The number of amides is 1. The van der Waals surface area contributed by atoms with Crippen LogP contribution in [0.2, 0.25) is 0 Å². The molecule has 1 aliphatic rings. The summed E-state index contributed by atoms with van der Waals surface area (Å²) in [6.45, 7) is 1.29. The molecule has 1 unspecified atom stereocenters. The van der Waals surface area contributed by atoms with E-state index in [1.165, 1.54) is 0 Å². The van der Waals surface area contributed by atoms with Gasteiger partial charge in [-0.2, -0.15) is 0 Å². The van der Waals surface area contributed by atoms with Crippen LogP contribution in [0.1, 0.15) is 12.0 Å². The highest BCUT2D eigenvalue weighted by atomic mass is 35.5. The number of carbonyl (C=O) groups is 1. The number of halogens is 1. The molecule has 1 saturated heterocycles. The van der Waals surface area contributed by atoms with Crippen LogP contribution in [0.15, 0.2) is 18.2 Å². The Morgan fingerprint density at radius 1 is 1.37 bits per heavy atom. The van der Waals surface area contributed by atoms with Crippen molar-refractivity contribution in [3.05, 3.63) is 23.8 Å². The molecule has 0 bridgehead atoms. The molecule has 1 aromatic rings. The lowest BCUT2D eigenvalue weighted by Crippen LogP contribution is -2.27. The summed E-state index contributed by atoms with van der Waals surface area (Å²) in [7, 11) is 3.24. The van der Waals surface area contributed by atoms with E-state index in [4.69, 9.17) is 21.1 Å². The zero-order valence-corrected chi connectivity index (χ0v) is 11.9. The molecule has 1 amide bonds. The first-order valence-electron chi connectivity index (χ1n) is 6.27. The molecule has 0 spiro atoms. The maximum Gasteiger partial charge on any atom is 0.224 e. The molecule has 4 nitrogen and oxygen atoms in total. The molecule has 1 atom stereocenters. The van der Waals surface area contributed by atoms with Gasteiger partial charge >= 0.3 is 0 Å². The maximum atomic E-state index is 11.7. The quantitative estimate of drug-likeness (QED) is 0.777. The summed E-state index contributed by atoms with van der Waals surface area (Å²) >= 11 is 5.98. The number of likely N-dealkylation sites (tertiary alicyclic amines) is 1. The fourth-order valence-corrected chi connectivity index (χ4v) is 2.64. The van der Waals surface area contributed by atoms with Crippen LogP contribution in [0.4, 0.5) is 0 Å². The van der Waals surface area contributed by atoms with Crippen LogP contribution in [-0.2, 0) is 11.2 Å². The fourth-order valence-electron chi connectivity index (χ4n) is 2.35. The van der Waals surface area contributed by atoms with Crippen molar-refractivity contribution in [1.29, 1.82) is 0 Å². The van der Waals surface area contributed by atoms with Crippen molar-refractivity contribution in [2.24, 2.45) is 0 Å². The maximum absolute atomic E-state index is 11.7. The molecule has 0 aliphatic carbocycles. The van der Waals surface area contributed by atoms with E-state index in [1.807, 2.05) is 18.2 Å². The van der Waals surface area contributed by atoms with E-state index in [9.17, 15) is 4.79 Å². The van der Waals surface area contributed by atoms with E-state index < -0.39 is 0 Å². The molecule has 104 valence electrons. The molecule has 19 heavy (non-hydrogen) atoms. The summed E-state index contributed by atoms with van der Waals surface area (Å²) in [5, 5.41) is -0.0558. The predicted molar refractivity (Wildman–Crippen MR) is 74.1 cm³/mol. The molecular weight excluding hydrogens is 266 g/mol. The number of alkyl halides is 1. The Morgan fingerprint density at radius 3 is 2.74 bits per heavy atom. The van der Waals surface area contributed by atoms with Gasteiger partial charge < -0.3 is 14.4 Å². The van der Waals surface area contributed by atoms with Gasteiger partial charge in [-0.05, 0) is 18.1 Å². The van der Waals surface area contributed by atoms with Crippen LogP contribution in [0.5, 0.6) is 11.5 Å². The summed E-state index contributed by atoms with van der Waals surface area (Å²) in [5.41, 5.74) is 1.03. The summed E-state index contributed by atoms with van der Waals surface area (Å²) in [6, 6.07) is 5.77. The van der Waals surface area contributed by atoms with E-state index in [0.717, 1.165) is 17.7 Å². The lowest BCUT2D eigenvalue weighted by Gasteiger charge is -2.17. The van der Waals surface area contributed by atoms with Gasteiger partial charge in [0.25, 0.3) is 0 Å². The molecule has 2 rings (SSSR count). The number of benzene rings is 1. The van der Waals surface area contributed by atoms with Crippen LogP contribution in [0, 0.1) is 0 Å². The largest absolute Gasteiger partial charge is 0.493 e. The normalized spacial score (nSPS) is 18.8. The third-order valence-corrected chi connectivity index (χ3v) is 3.60. The topological polar surface area (TPSA) is 38.8 Å². The van der Waals surface area contributed by atoms with E-state index in [1.54, 1.807) is 19.1 Å². The number of rotatable bonds is 5. The third kappa shape index (κ3) is 3.13. The van der Waals surface area contributed by atoms with E-state index in [-0.39, 0.29) is 11.3 Å². The molecule has 1 heterocycles. The Morgan fingerprint density at radius 2 is 2.16 bits per heavy atom. The summed E-state index contributed by atoms with van der Waals surface area (Å²) in [4.78, 5) is 13.5. The van der Waals surface area contributed by atoms with Gasteiger partial charge in [-0.3, -0.25) is 4.79 Å². The van der Waals surface area contributed by atoms with Crippen molar-refractivity contribution in [2.45, 2.75) is 18.2 Å². The number of para-hydroxylation sites is 1. The smallest absolute Gasteiger partial charge is 0.224 e. The van der Waals surface area contributed by atoms with Crippen molar-refractivity contribution in [3.63, 3.8) is 0 Å². The lowest BCUT2D eigenvalue weighted by molar-refractivity contribution is -0.127. The second-order valence-electron chi connectivity index (χ2n) is 4.54. The molecule has 0 saturated carbocycles. The summed E-state index contributed by atoms with van der Waals surface area (Å²) in [5.74, 6) is 1.57. The minimum absolute atomic E-state index is 0.0558. The van der Waals surface area contributed by atoms with Crippen LogP contribution >= 0.6 is 11.6 Å². The van der Waals surface area contributed by atoms with Crippen molar-refractivity contribution in [1.82, 2.24) is 4.90 Å². The van der Waals surface area contributed by atoms with E-state index in [2.05, 4.69) is 0 Å². The van der Waals surface area contributed by atoms with Gasteiger partial charge in [0.1, 0.15) is 0 Å². The zero-order valence-electron chi connectivity index (χ0n) is 11.2. The Hall–Kier alpha value is -1.42. The molecule has 0 aromatic heterocycles. The molecular formula is C14H18ClNO3. The average Bonchev–Trinajstić information content (AvgIpc) is 2.73. The van der Waals surface area contributed by atoms with Crippen molar-refractivity contribution < 1.29 is 14.3 Å². The molecule has 1 aliphatic heterocycles. The van der Waals surface area contributed by atoms with E-state index in [0.29, 0.717) is 25.3 Å². The summed E-state index contributed by atoms with van der Waals surface area (Å²) in [6.07, 6.45) is 1.17. The highest BCUT2D eigenvalue weighted by molar-refractivity contribution is 6.22. The van der Waals surface area contributed by atoms with Crippen LogP contribution < -0.4 is 9.47 Å². The zero-order chi connectivity index (χ0) is 13.8. The van der Waals surface area contributed by atoms with Crippen molar-refractivity contribution in [3.8, 4) is 11.5 Å². The van der Waals surface area contributed by atoms with Crippen LogP contribution in [-0.4, -0.2) is 43.5 Å². The van der Waals surface area contributed by atoms with Gasteiger partial charge in [-0.25, -0.2) is 0 Å². The number of methoxy groups -OCH3 is 2. The van der Waals surface area contributed by atoms with E-state index >= 15 is 0 Å². The molecule has 1 fully saturated rings. The monoisotopic (exact) mass is 283 g/mol. The minimum atomic E-state index is -0.0558. The summed E-state index contributed by atoms with van der Waals surface area (Å²) < 4.78 is 10.6. The SMILES string of the molecule is COc1cccc(CCN2CC(Cl)CC2=O)c1OC. The Bertz CT molecular complexity index is 464. The average molecular weight is 284 g/mol. The highest BCUT2D eigenvalue weighted by Gasteiger charge is 2.27. The molecule has 5 heteroatoms. The number of nitrogens with zero attached hydrogens (tertiary/aromatic N) is 1. The molecule has 0 radical (unpaired) electrons. The standard InChI is InChI=1S/C14H18ClNO3/c1-18-12-5-3-4-10(14(12)19-2)6-7-16-9-11(15)8-13(16)17/h3-5,11H,6-9H2,1-2H3. The second-order valence-corrected chi connectivity index (χ2v) is 5.16. The molecule has 1 aromatic carbocycles. The lowest BCUT2D eigenvalue weighted by atomic mass is 10.1. The minimum Gasteiger partial charge on any atom is -0.493 e. The van der Waals surface area contributed by atoms with Crippen molar-refractivity contribution >= 4 is 17.5 Å². The Labute approximate surface area is 118 Å². The molecule has 0 N–H and O–H groups in total. The van der Waals surface area contributed by atoms with Gasteiger partial charge in [0, 0.05) is 19.5 Å². The van der Waals surface area contributed by atoms with Gasteiger partial charge in [0.05, 0.1) is 19.6 Å². The number of carbonyl (C=O) groups excluding carboxylic acids is 1. The second kappa shape index (κ2) is 6.15. The third-order valence-electron chi connectivity index (χ3n) is 3.30.